The Hall–Kier alpha value is -3.19. The molecule has 35 heavy (non-hydrogen) atoms. The van der Waals surface area contributed by atoms with E-state index in [2.05, 4.69) is 41.7 Å². The second-order valence-electron chi connectivity index (χ2n) is 9.33. The standard InChI is InChI=1S/C29H35NO5/c1-28(2,3)30-27(32)34-22-26(31)21-33-19-20-35-29(23-13-7-4-8-14-23,24-15-9-5-10-16-24)25-17-11-6-12-18-25/h4-18,26,31H,19-22H2,1-3H3,(H,30,32)/t26-/m1/s1. The zero-order chi connectivity index (χ0) is 25.2. The van der Waals surface area contributed by atoms with Gasteiger partial charge >= 0.3 is 6.09 Å². The zero-order valence-corrected chi connectivity index (χ0v) is 20.6. The summed E-state index contributed by atoms with van der Waals surface area (Å²) in [5.74, 6) is 0. The van der Waals surface area contributed by atoms with Crippen molar-refractivity contribution < 1.29 is 24.1 Å². The molecule has 0 saturated carbocycles. The molecule has 0 radical (unpaired) electrons. The van der Waals surface area contributed by atoms with E-state index in [4.69, 9.17) is 14.2 Å². The average Bonchev–Trinajstić information content (AvgIpc) is 2.86. The third-order valence-corrected chi connectivity index (χ3v) is 5.28. The van der Waals surface area contributed by atoms with Gasteiger partial charge in [0.15, 0.2) is 0 Å². The number of carbonyl (C=O) groups excluding carboxylic acids is 1. The van der Waals surface area contributed by atoms with E-state index in [0.29, 0.717) is 0 Å². The summed E-state index contributed by atoms with van der Waals surface area (Å²) >= 11 is 0. The van der Waals surface area contributed by atoms with E-state index in [0.717, 1.165) is 16.7 Å². The highest BCUT2D eigenvalue weighted by Gasteiger charge is 2.37. The van der Waals surface area contributed by atoms with Gasteiger partial charge in [0.25, 0.3) is 0 Å². The van der Waals surface area contributed by atoms with Gasteiger partial charge in [0.05, 0.1) is 19.8 Å². The van der Waals surface area contributed by atoms with E-state index in [-0.39, 0.29) is 26.4 Å². The van der Waals surface area contributed by atoms with Crippen LogP contribution in [0.5, 0.6) is 0 Å². The number of aliphatic hydroxyl groups excluding tert-OH is 1. The molecule has 0 fully saturated rings. The summed E-state index contributed by atoms with van der Waals surface area (Å²) in [7, 11) is 0. The van der Waals surface area contributed by atoms with Crippen LogP contribution < -0.4 is 5.32 Å². The average molecular weight is 478 g/mol. The summed E-state index contributed by atoms with van der Waals surface area (Å²) in [6.07, 6.45) is -1.50. The van der Waals surface area contributed by atoms with Crippen molar-refractivity contribution in [2.24, 2.45) is 0 Å². The number of amides is 1. The molecule has 6 heteroatoms. The second-order valence-corrected chi connectivity index (χ2v) is 9.33. The molecule has 0 aliphatic heterocycles. The fourth-order valence-electron chi connectivity index (χ4n) is 3.80. The number of rotatable bonds is 11. The van der Waals surface area contributed by atoms with Crippen LogP contribution in [0.25, 0.3) is 0 Å². The smallest absolute Gasteiger partial charge is 0.407 e. The fourth-order valence-corrected chi connectivity index (χ4v) is 3.80. The molecule has 3 aromatic rings. The Kier molecular flexibility index (Phi) is 9.43. The maximum absolute atomic E-state index is 11.7. The molecule has 0 bridgehead atoms. The molecule has 0 aliphatic rings. The van der Waals surface area contributed by atoms with Crippen molar-refractivity contribution >= 4 is 6.09 Å². The lowest BCUT2D eigenvalue weighted by Gasteiger charge is -2.36. The first-order valence-corrected chi connectivity index (χ1v) is 11.8. The molecule has 3 aromatic carbocycles. The van der Waals surface area contributed by atoms with Crippen LogP contribution in [0.4, 0.5) is 4.79 Å². The van der Waals surface area contributed by atoms with Gasteiger partial charge in [-0.3, -0.25) is 0 Å². The molecule has 0 aromatic heterocycles. The van der Waals surface area contributed by atoms with Crippen LogP contribution >= 0.6 is 0 Å². The lowest BCUT2D eigenvalue weighted by atomic mass is 9.80. The number of ether oxygens (including phenoxy) is 3. The van der Waals surface area contributed by atoms with Gasteiger partial charge < -0.3 is 24.6 Å². The quantitative estimate of drug-likeness (QED) is 0.304. The van der Waals surface area contributed by atoms with Gasteiger partial charge in [-0.1, -0.05) is 91.0 Å². The van der Waals surface area contributed by atoms with Gasteiger partial charge in [-0.25, -0.2) is 4.79 Å². The van der Waals surface area contributed by atoms with Crippen LogP contribution in [0.2, 0.25) is 0 Å². The van der Waals surface area contributed by atoms with Gasteiger partial charge in [-0.05, 0) is 37.5 Å². The van der Waals surface area contributed by atoms with Crippen LogP contribution in [-0.4, -0.2) is 49.3 Å². The molecule has 6 nitrogen and oxygen atoms in total. The number of alkyl carbamates (subject to hydrolysis) is 1. The SMILES string of the molecule is CC(C)(C)NC(=O)OC[C@H](O)COCCOC(c1ccccc1)(c1ccccc1)c1ccccc1. The van der Waals surface area contributed by atoms with E-state index in [1.165, 1.54) is 0 Å². The fraction of sp³-hybridized carbons (Fsp3) is 0.345. The molecule has 0 aliphatic carbocycles. The van der Waals surface area contributed by atoms with Crippen molar-refractivity contribution in [1.82, 2.24) is 5.32 Å². The van der Waals surface area contributed by atoms with Gasteiger partial charge in [-0.15, -0.1) is 0 Å². The summed E-state index contributed by atoms with van der Waals surface area (Å²) in [5.41, 5.74) is 1.81. The predicted molar refractivity (Wildman–Crippen MR) is 136 cm³/mol. The highest BCUT2D eigenvalue weighted by atomic mass is 16.6. The Morgan fingerprint density at radius 2 is 1.23 bits per heavy atom. The number of benzene rings is 3. The highest BCUT2D eigenvalue weighted by molar-refractivity contribution is 5.68. The van der Waals surface area contributed by atoms with Crippen molar-refractivity contribution in [3.8, 4) is 0 Å². The molecule has 1 amide bonds. The lowest BCUT2D eigenvalue weighted by Crippen LogP contribution is -2.42. The van der Waals surface area contributed by atoms with Gasteiger partial charge in [0.2, 0.25) is 0 Å². The topological polar surface area (TPSA) is 77.0 Å². The zero-order valence-electron chi connectivity index (χ0n) is 20.6. The summed E-state index contributed by atoms with van der Waals surface area (Å²) in [5, 5.41) is 12.8. The number of hydrogen-bond donors (Lipinski definition) is 2. The summed E-state index contributed by atoms with van der Waals surface area (Å²) in [6, 6.07) is 30.3. The molecule has 2 N–H and O–H groups in total. The van der Waals surface area contributed by atoms with Gasteiger partial charge in [0, 0.05) is 5.54 Å². The lowest BCUT2D eigenvalue weighted by molar-refractivity contribution is -0.0475. The van der Waals surface area contributed by atoms with E-state index >= 15 is 0 Å². The Balaban J connectivity index is 1.65. The van der Waals surface area contributed by atoms with Crippen LogP contribution in [-0.2, 0) is 19.8 Å². The molecule has 0 spiro atoms. The van der Waals surface area contributed by atoms with Crippen LogP contribution in [0.1, 0.15) is 37.5 Å². The minimum atomic E-state index is -0.928. The van der Waals surface area contributed by atoms with Crippen molar-refractivity contribution in [2.75, 3.05) is 26.4 Å². The molecule has 0 saturated heterocycles. The number of hydrogen-bond acceptors (Lipinski definition) is 5. The third-order valence-electron chi connectivity index (χ3n) is 5.28. The Morgan fingerprint density at radius 1 is 0.771 bits per heavy atom. The maximum atomic E-state index is 11.7. The number of carbonyl (C=O) groups is 1. The minimum absolute atomic E-state index is 0.0289. The Morgan fingerprint density at radius 3 is 1.66 bits per heavy atom. The van der Waals surface area contributed by atoms with E-state index in [1.807, 2.05) is 75.4 Å². The third kappa shape index (κ3) is 7.65. The van der Waals surface area contributed by atoms with Gasteiger partial charge in [-0.2, -0.15) is 0 Å². The first-order chi connectivity index (χ1) is 16.8. The molecular formula is C29H35NO5. The molecule has 1 atom stereocenters. The second kappa shape index (κ2) is 12.5. The monoisotopic (exact) mass is 477 g/mol. The molecule has 0 unspecified atom stereocenters. The molecule has 3 rings (SSSR count). The van der Waals surface area contributed by atoms with E-state index in [9.17, 15) is 9.90 Å². The van der Waals surface area contributed by atoms with Gasteiger partial charge in [0.1, 0.15) is 18.3 Å². The van der Waals surface area contributed by atoms with Crippen molar-refractivity contribution in [3.05, 3.63) is 108 Å². The van der Waals surface area contributed by atoms with Crippen molar-refractivity contribution in [1.29, 1.82) is 0 Å². The molecule has 0 heterocycles. The minimum Gasteiger partial charge on any atom is -0.447 e. The van der Waals surface area contributed by atoms with E-state index < -0.39 is 23.3 Å². The summed E-state index contributed by atoms with van der Waals surface area (Å²) < 4.78 is 17.3. The molecule has 186 valence electrons. The normalized spacial score (nSPS) is 12.7. The first kappa shape index (κ1) is 26.4. The van der Waals surface area contributed by atoms with Crippen LogP contribution in [0.15, 0.2) is 91.0 Å². The van der Waals surface area contributed by atoms with E-state index in [1.54, 1.807) is 0 Å². The highest BCUT2D eigenvalue weighted by Crippen LogP contribution is 2.40. The Bertz CT molecular complexity index is 923. The summed E-state index contributed by atoms with van der Waals surface area (Å²) in [6.45, 7) is 6.00. The maximum Gasteiger partial charge on any atom is 0.407 e. The predicted octanol–water partition coefficient (Wildman–Crippen LogP) is 4.90. The molecular weight excluding hydrogens is 442 g/mol. The largest absolute Gasteiger partial charge is 0.447 e. The van der Waals surface area contributed by atoms with Crippen molar-refractivity contribution in [3.63, 3.8) is 0 Å². The number of nitrogens with one attached hydrogen (secondary N) is 1. The van der Waals surface area contributed by atoms with Crippen molar-refractivity contribution in [2.45, 2.75) is 38.0 Å². The van der Waals surface area contributed by atoms with Crippen LogP contribution in [0, 0.1) is 0 Å². The summed E-state index contributed by atoms with van der Waals surface area (Å²) in [4.78, 5) is 11.7. The first-order valence-electron chi connectivity index (χ1n) is 11.8. The number of aliphatic hydroxyl groups is 1. The van der Waals surface area contributed by atoms with Crippen LogP contribution in [0.3, 0.4) is 0 Å². The Labute approximate surface area is 207 Å².